The summed E-state index contributed by atoms with van der Waals surface area (Å²) in [5, 5.41) is 18.2. The van der Waals surface area contributed by atoms with Crippen LogP contribution in [-0.2, 0) is 4.74 Å². The van der Waals surface area contributed by atoms with Gasteiger partial charge in [-0.2, -0.15) is 15.1 Å². The first-order valence-electron chi connectivity index (χ1n) is 12.7. The number of nitrogens with one attached hydrogen (secondary N) is 3. The van der Waals surface area contributed by atoms with Crippen LogP contribution in [0.15, 0.2) is 47.1 Å². The van der Waals surface area contributed by atoms with Gasteiger partial charge in [-0.15, -0.1) is 0 Å². The van der Waals surface area contributed by atoms with Gasteiger partial charge in [-0.1, -0.05) is 11.2 Å². The number of hydrogen-bond acceptors (Lipinski definition) is 10. The van der Waals surface area contributed by atoms with Crippen LogP contribution in [0.2, 0.25) is 0 Å². The highest BCUT2D eigenvalue weighted by atomic mass is 16.5. The maximum Gasteiger partial charge on any atom is 0.229 e. The van der Waals surface area contributed by atoms with Crippen molar-refractivity contribution in [3.63, 3.8) is 0 Å². The largest absolute Gasteiger partial charge is 0.379 e. The Kier molecular flexibility index (Phi) is 7.59. The van der Waals surface area contributed by atoms with Crippen molar-refractivity contribution in [3.05, 3.63) is 54.0 Å². The summed E-state index contributed by atoms with van der Waals surface area (Å²) in [6, 6.07) is 11.5. The van der Waals surface area contributed by atoms with E-state index in [9.17, 15) is 0 Å². The number of H-pyrrole nitrogens is 1. The van der Waals surface area contributed by atoms with Crippen molar-refractivity contribution in [2.24, 2.45) is 0 Å². The van der Waals surface area contributed by atoms with Crippen LogP contribution in [-0.4, -0.2) is 56.1 Å². The fourth-order valence-electron chi connectivity index (χ4n) is 4.32. The molecular formula is C26H33N9O2. The molecule has 11 heteroatoms. The van der Waals surface area contributed by atoms with Crippen molar-refractivity contribution in [2.75, 3.05) is 35.2 Å². The van der Waals surface area contributed by atoms with Crippen molar-refractivity contribution >= 4 is 23.4 Å². The lowest BCUT2D eigenvalue weighted by molar-refractivity contribution is 0.0787. The van der Waals surface area contributed by atoms with E-state index in [1.165, 1.54) is 0 Å². The Balaban J connectivity index is 1.37. The fraction of sp³-hybridized carbons (Fsp3) is 0.423. The second-order valence-electron chi connectivity index (χ2n) is 9.38. The van der Waals surface area contributed by atoms with Crippen molar-refractivity contribution in [3.8, 4) is 11.4 Å². The molecule has 4 aromatic heterocycles. The third kappa shape index (κ3) is 6.23. The normalized spacial score (nSPS) is 15.5. The SMILES string of the molecule is Cc1cc(Nc2cc(NCCCOC(C)C)nc(N3CCCC3c3cc(-c4ccccn4)no3)n2)n[nH]1. The predicted octanol–water partition coefficient (Wildman–Crippen LogP) is 4.87. The molecule has 0 amide bonds. The van der Waals surface area contributed by atoms with Gasteiger partial charge in [0, 0.05) is 49.8 Å². The smallest absolute Gasteiger partial charge is 0.229 e. The first-order chi connectivity index (χ1) is 18.0. The summed E-state index contributed by atoms with van der Waals surface area (Å²) in [7, 11) is 0. The molecule has 0 saturated carbocycles. The lowest BCUT2D eigenvalue weighted by Gasteiger charge is -2.23. The molecule has 0 bridgehead atoms. The van der Waals surface area contributed by atoms with Crippen LogP contribution < -0.4 is 15.5 Å². The summed E-state index contributed by atoms with van der Waals surface area (Å²) < 4.78 is 11.4. The highest BCUT2D eigenvalue weighted by Gasteiger charge is 2.32. The minimum absolute atomic E-state index is 0.0138. The quantitative estimate of drug-likeness (QED) is 0.244. The van der Waals surface area contributed by atoms with E-state index in [0.29, 0.717) is 24.2 Å². The van der Waals surface area contributed by atoms with E-state index in [1.807, 2.05) is 57.2 Å². The van der Waals surface area contributed by atoms with Gasteiger partial charge in [-0.05, 0) is 52.2 Å². The maximum atomic E-state index is 5.78. The Hall–Kier alpha value is -3.99. The zero-order chi connectivity index (χ0) is 25.6. The molecule has 0 spiro atoms. The second-order valence-corrected chi connectivity index (χ2v) is 9.38. The summed E-state index contributed by atoms with van der Waals surface area (Å²) in [4.78, 5) is 16.3. The standard InChI is InChI=1S/C26H33N9O2/c1-17(2)36-13-7-11-28-23-16-24(29-25-14-18(3)32-33-25)31-26(30-23)35-12-6-9-21(35)22-15-20(34-37-22)19-8-4-5-10-27-19/h4-5,8,10,14-17,21H,6-7,9,11-13H2,1-3H3,(H3,28,29,30,31,32,33). The third-order valence-corrected chi connectivity index (χ3v) is 6.05. The van der Waals surface area contributed by atoms with Crippen LogP contribution in [0, 0.1) is 6.92 Å². The average Bonchev–Trinajstić information content (AvgIpc) is 3.65. The van der Waals surface area contributed by atoms with E-state index >= 15 is 0 Å². The number of nitrogens with zero attached hydrogens (tertiary/aromatic N) is 6. The van der Waals surface area contributed by atoms with Crippen LogP contribution in [0.3, 0.4) is 0 Å². The molecule has 1 aliphatic heterocycles. The van der Waals surface area contributed by atoms with Crippen LogP contribution in [0.4, 0.5) is 23.4 Å². The van der Waals surface area contributed by atoms with E-state index < -0.39 is 0 Å². The Labute approximate surface area is 216 Å². The van der Waals surface area contributed by atoms with Gasteiger partial charge in [-0.25, -0.2) is 0 Å². The molecule has 1 atom stereocenters. The number of hydrogen-bond donors (Lipinski definition) is 3. The molecule has 194 valence electrons. The molecule has 1 aliphatic rings. The molecule has 5 rings (SSSR count). The van der Waals surface area contributed by atoms with Gasteiger partial charge in [0.2, 0.25) is 5.95 Å². The number of ether oxygens (including phenoxy) is 1. The first-order valence-corrected chi connectivity index (χ1v) is 12.7. The van der Waals surface area contributed by atoms with Crippen molar-refractivity contribution in [1.82, 2.24) is 30.3 Å². The molecule has 1 saturated heterocycles. The van der Waals surface area contributed by atoms with Crippen LogP contribution in [0.25, 0.3) is 11.4 Å². The number of rotatable bonds is 11. The second kappa shape index (κ2) is 11.4. The van der Waals surface area contributed by atoms with Gasteiger partial charge < -0.3 is 24.8 Å². The Morgan fingerprint density at radius 2 is 2.03 bits per heavy atom. The maximum absolute atomic E-state index is 5.78. The van der Waals surface area contributed by atoms with Crippen LogP contribution in [0.5, 0.6) is 0 Å². The average molecular weight is 504 g/mol. The molecule has 1 fully saturated rings. The minimum Gasteiger partial charge on any atom is -0.379 e. The molecule has 4 aromatic rings. The number of anilines is 4. The van der Waals surface area contributed by atoms with Gasteiger partial charge in [0.05, 0.1) is 17.8 Å². The summed E-state index contributed by atoms with van der Waals surface area (Å²) in [5.41, 5.74) is 2.47. The highest BCUT2D eigenvalue weighted by molar-refractivity contribution is 5.60. The Bertz CT molecular complexity index is 1290. The number of pyridine rings is 1. The number of aryl methyl sites for hydroxylation is 1. The van der Waals surface area contributed by atoms with Gasteiger partial charge in [-0.3, -0.25) is 10.1 Å². The van der Waals surface area contributed by atoms with Gasteiger partial charge >= 0.3 is 0 Å². The van der Waals surface area contributed by atoms with Crippen LogP contribution >= 0.6 is 0 Å². The molecule has 0 radical (unpaired) electrons. The van der Waals surface area contributed by atoms with Crippen molar-refractivity contribution < 1.29 is 9.26 Å². The molecule has 0 aliphatic carbocycles. The van der Waals surface area contributed by atoms with E-state index in [-0.39, 0.29) is 12.1 Å². The van der Waals surface area contributed by atoms with Crippen LogP contribution in [0.1, 0.15) is 50.6 Å². The predicted molar refractivity (Wildman–Crippen MR) is 142 cm³/mol. The molecular weight excluding hydrogens is 470 g/mol. The molecule has 1 unspecified atom stereocenters. The molecule has 3 N–H and O–H groups in total. The third-order valence-electron chi connectivity index (χ3n) is 6.05. The van der Waals surface area contributed by atoms with E-state index in [4.69, 9.17) is 19.2 Å². The van der Waals surface area contributed by atoms with Gasteiger partial charge in [0.1, 0.15) is 17.3 Å². The van der Waals surface area contributed by atoms with Gasteiger partial charge in [0.25, 0.3) is 0 Å². The fourth-order valence-corrected chi connectivity index (χ4v) is 4.32. The summed E-state index contributed by atoms with van der Waals surface area (Å²) in [6.07, 6.45) is 4.77. The van der Waals surface area contributed by atoms with E-state index in [2.05, 4.69) is 35.9 Å². The van der Waals surface area contributed by atoms with Crippen molar-refractivity contribution in [2.45, 2.75) is 52.2 Å². The highest BCUT2D eigenvalue weighted by Crippen LogP contribution is 2.37. The molecule has 5 heterocycles. The number of aromatic amines is 1. The lowest BCUT2D eigenvalue weighted by Crippen LogP contribution is -2.25. The zero-order valence-corrected chi connectivity index (χ0v) is 21.4. The summed E-state index contributed by atoms with van der Waals surface area (Å²) in [6.45, 7) is 8.29. The Morgan fingerprint density at radius 1 is 1.14 bits per heavy atom. The van der Waals surface area contributed by atoms with E-state index in [1.54, 1.807) is 6.20 Å². The molecule has 37 heavy (non-hydrogen) atoms. The molecule has 0 aromatic carbocycles. The number of aromatic nitrogens is 6. The summed E-state index contributed by atoms with van der Waals surface area (Å²) in [5.74, 6) is 3.50. The topological polar surface area (TPSA) is 130 Å². The Morgan fingerprint density at radius 3 is 2.81 bits per heavy atom. The minimum atomic E-state index is -0.0138. The van der Waals surface area contributed by atoms with Gasteiger partial charge in [0.15, 0.2) is 11.6 Å². The zero-order valence-electron chi connectivity index (χ0n) is 21.4. The van der Waals surface area contributed by atoms with E-state index in [0.717, 1.165) is 61.0 Å². The molecule has 11 nitrogen and oxygen atoms in total. The lowest BCUT2D eigenvalue weighted by atomic mass is 10.1. The summed E-state index contributed by atoms with van der Waals surface area (Å²) >= 11 is 0. The monoisotopic (exact) mass is 503 g/mol. The van der Waals surface area contributed by atoms with Crippen molar-refractivity contribution in [1.29, 1.82) is 0 Å². The first kappa shape index (κ1) is 24.7.